The van der Waals surface area contributed by atoms with Crippen LogP contribution < -0.4 is 10.1 Å². The summed E-state index contributed by atoms with van der Waals surface area (Å²) in [6, 6.07) is 11.0. The van der Waals surface area contributed by atoms with E-state index in [1.165, 1.54) is 4.90 Å². The molecule has 0 spiro atoms. The number of aromatic nitrogens is 1. The van der Waals surface area contributed by atoms with Crippen molar-refractivity contribution >= 4 is 6.09 Å². The maximum Gasteiger partial charge on any atom is 0.407 e. The minimum absolute atomic E-state index is 0.126. The summed E-state index contributed by atoms with van der Waals surface area (Å²) < 4.78 is 5.57. The molecule has 1 saturated carbocycles. The lowest BCUT2D eigenvalue weighted by atomic mass is 9.90. The zero-order valence-electron chi connectivity index (χ0n) is 17.7. The number of carbonyl (C=O) groups is 1. The number of benzene rings is 1. The predicted octanol–water partition coefficient (Wildman–Crippen LogP) is 4.38. The van der Waals surface area contributed by atoms with Crippen LogP contribution in [0.5, 0.6) is 5.75 Å². The average Bonchev–Trinajstić information content (AvgIpc) is 2.71. The molecule has 2 aromatic rings. The number of aryl methyl sites for hydroxylation is 2. The van der Waals surface area contributed by atoms with Crippen molar-refractivity contribution in [2.75, 3.05) is 14.2 Å². The van der Waals surface area contributed by atoms with E-state index in [0.29, 0.717) is 6.04 Å². The van der Waals surface area contributed by atoms with Crippen LogP contribution in [0.15, 0.2) is 30.3 Å². The maximum atomic E-state index is 11.1. The number of nitrogens with one attached hydrogen (secondary N) is 1. The Hall–Kier alpha value is -2.60. The van der Waals surface area contributed by atoms with Gasteiger partial charge in [0.2, 0.25) is 0 Å². The van der Waals surface area contributed by atoms with Crippen LogP contribution in [-0.4, -0.2) is 47.3 Å². The summed E-state index contributed by atoms with van der Waals surface area (Å²) in [5.41, 5.74) is 5.47. The van der Waals surface area contributed by atoms with E-state index >= 15 is 0 Å². The van der Waals surface area contributed by atoms with Gasteiger partial charge in [-0.3, -0.25) is 4.98 Å². The number of carboxylic acid groups (broad SMARTS) is 1. The second-order valence-corrected chi connectivity index (χ2v) is 7.95. The smallest absolute Gasteiger partial charge is 0.407 e. The third kappa shape index (κ3) is 5.26. The molecule has 1 amide bonds. The first-order valence-electron chi connectivity index (χ1n) is 10.2. The van der Waals surface area contributed by atoms with Crippen molar-refractivity contribution in [1.29, 1.82) is 0 Å². The second kappa shape index (κ2) is 9.27. The summed E-state index contributed by atoms with van der Waals surface area (Å²) in [6.45, 7) is 4.76. The lowest BCUT2D eigenvalue weighted by molar-refractivity contribution is 0.122. The Morgan fingerprint density at radius 3 is 2.38 bits per heavy atom. The number of amides is 1. The molecule has 29 heavy (non-hydrogen) atoms. The topological polar surface area (TPSA) is 74.7 Å². The molecule has 1 aliphatic carbocycles. The molecule has 156 valence electrons. The monoisotopic (exact) mass is 397 g/mol. The summed E-state index contributed by atoms with van der Waals surface area (Å²) >= 11 is 0. The Kier molecular flexibility index (Phi) is 6.75. The van der Waals surface area contributed by atoms with Gasteiger partial charge in [0.1, 0.15) is 5.75 Å². The number of methoxy groups -OCH3 is 1. The van der Waals surface area contributed by atoms with Gasteiger partial charge in [-0.05, 0) is 74.9 Å². The molecule has 0 bridgehead atoms. The molecule has 0 aliphatic heterocycles. The largest absolute Gasteiger partial charge is 0.496 e. The molecule has 6 nitrogen and oxygen atoms in total. The Balaban J connectivity index is 1.67. The molecule has 1 aromatic carbocycles. The van der Waals surface area contributed by atoms with Crippen molar-refractivity contribution in [3.8, 4) is 16.9 Å². The quantitative estimate of drug-likeness (QED) is 0.756. The van der Waals surface area contributed by atoms with E-state index in [1.54, 1.807) is 14.2 Å². The maximum absolute atomic E-state index is 11.1. The van der Waals surface area contributed by atoms with Crippen LogP contribution in [0.3, 0.4) is 0 Å². The molecule has 0 radical (unpaired) electrons. The van der Waals surface area contributed by atoms with E-state index in [4.69, 9.17) is 9.84 Å². The summed E-state index contributed by atoms with van der Waals surface area (Å²) in [5, 5.41) is 12.8. The van der Waals surface area contributed by atoms with Crippen LogP contribution in [0.2, 0.25) is 0 Å². The molecular formula is C23H31N3O3. The minimum Gasteiger partial charge on any atom is -0.496 e. The Bertz CT molecular complexity index is 840. The van der Waals surface area contributed by atoms with Crippen LogP contribution in [0.25, 0.3) is 11.1 Å². The molecule has 0 unspecified atom stereocenters. The lowest BCUT2D eigenvalue weighted by Crippen LogP contribution is -2.42. The molecule has 6 heteroatoms. The van der Waals surface area contributed by atoms with Gasteiger partial charge in [-0.1, -0.05) is 6.07 Å². The second-order valence-electron chi connectivity index (χ2n) is 7.95. The van der Waals surface area contributed by atoms with E-state index in [9.17, 15) is 4.79 Å². The van der Waals surface area contributed by atoms with Crippen molar-refractivity contribution in [2.24, 2.45) is 0 Å². The molecule has 1 aromatic heterocycles. The normalized spacial score (nSPS) is 19.0. The highest BCUT2D eigenvalue weighted by Crippen LogP contribution is 2.28. The van der Waals surface area contributed by atoms with Crippen molar-refractivity contribution in [1.82, 2.24) is 15.2 Å². The van der Waals surface area contributed by atoms with Crippen molar-refractivity contribution < 1.29 is 14.6 Å². The highest BCUT2D eigenvalue weighted by atomic mass is 16.5. The van der Waals surface area contributed by atoms with Crippen molar-refractivity contribution in [2.45, 2.75) is 58.2 Å². The molecule has 1 heterocycles. The van der Waals surface area contributed by atoms with Crippen LogP contribution in [0, 0.1) is 13.8 Å². The zero-order chi connectivity index (χ0) is 21.0. The van der Waals surface area contributed by atoms with E-state index < -0.39 is 6.09 Å². The summed E-state index contributed by atoms with van der Waals surface area (Å²) in [7, 11) is 3.37. The predicted molar refractivity (Wildman–Crippen MR) is 114 cm³/mol. The molecular weight excluding hydrogens is 366 g/mol. The number of ether oxygens (including phenoxy) is 1. The number of pyridine rings is 1. The van der Waals surface area contributed by atoms with Crippen LogP contribution in [0.1, 0.15) is 42.6 Å². The Morgan fingerprint density at radius 2 is 1.79 bits per heavy atom. The fourth-order valence-corrected chi connectivity index (χ4v) is 4.18. The first-order valence-corrected chi connectivity index (χ1v) is 10.2. The highest BCUT2D eigenvalue weighted by molar-refractivity contribution is 5.66. The molecule has 3 rings (SSSR count). The van der Waals surface area contributed by atoms with Gasteiger partial charge in [0.25, 0.3) is 0 Å². The molecule has 0 atom stereocenters. The van der Waals surface area contributed by atoms with Crippen LogP contribution in [0.4, 0.5) is 4.79 Å². The first kappa shape index (κ1) is 21.1. The number of hydrogen-bond acceptors (Lipinski definition) is 4. The van der Waals surface area contributed by atoms with Gasteiger partial charge in [0.15, 0.2) is 0 Å². The van der Waals surface area contributed by atoms with Crippen molar-refractivity contribution in [3.05, 3.63) is 47.3 Å². The van der Waals surface area contributed by atoms with E-state index in [2.05, 4.69) is 34.6 Å². The molecule has 0 saturated heterocycles. The minimum atomic E-state index is -0.843. The van der Waals surface area contributed by atoms with E-state index in [1.807, 2.05) is 19.9 Å². The highest BCUT2D eigenvalue weighted by Gasteiger charge is 2.26. The molecule has 2 N–H and O–H groups in total. The van der Waals surface area contributed by atoms with Gasteiger partial charge in [-0.25, -0.2) is 4.79 Å². The van der Waals surface area contributed by atoms with E-state index in [-0.39, 0.29) is 6.04 Å². The third-order valence-corrected chi connectivity index (χ3v) is 5.82. The molecule has 1 fully saturated rings. The standard InChI is InChI=1S/C23H31N3O3/c1-15-11-18(12-16(2)25-15)17-5-10-22(29-4)19(13-17)14-24-20-6-8-21(9-7-20)26(3)23(27)28/h5,10-13,20-21,24H,6-9,14H2,1-4H3,(H,27,28). The number of hydrogen-bond donors (Lipinski definition) is 2. The van der Waals surface area contributed by atoms with Gasteiger partial charge in [0, 0.05) is 42.6 Å². The SMILES string of the molecule is COc1ccc(-c2cc(C)nc(C)c2)cc1CNC1CCC(N(C)C(=O)O)CC1. The van der Waals surface area contributed by atoms with Crippen molar-refractivity contribution in [3.63, 3.8) is 0 Å². The number of nitrogens with zero attached hydrogens (tertiary/aromatic N) is 2. The van der Waals surface area contributed by atoms with E-state index in [0.717, 1.165) is 66.1 Å². The lowest BCUT2D eigenvalue weighted by Gasteiger charge is -2.33. The van der Waals surface area contributed by atoms with Gasteiger partial charge < -0.3 is 20.1 Å². The number of rotatable bonds is 6. The van der Waals surface area contributed by atoms with Crippen LogP contribution in [-0.2, 0) is 6.54 Å². The average molecular weight is 398 g/mol. The summed E-state index contributed by atoms with van der Waals surface area (Å²) in [6.07, 6.45) is 2.91. The summed E-state index contributed by atoms with van der Waals surface area (Å²) in [5.74, 6) is 0.878. The fourth-order valence-electron chi connectivity index (χ4n) is 4.18. The third-order valence-electron chi connectivity index (χ3n) is 5.82. The Morgan fingerprint density at radius 1 is 1.14 bits per heavy atom. The van der Waals surface area contributed by atoms with Gasteiger partial charge in [-0.2, -0.15) is 0 Å². The first-order chi connectivity index (χ1) is 13.9. The Labute approximate surface area is 172 Å². The summed E-state index contributed by atoms with van der Waals surface area (Å²) in [4.78, 5) is 17.1. The molecule has 1 aliphatic rings. The fraction of sp³-hybridized carbons (Fsp3) is 0.478. The van der Waals surface area contributed by atoms with Gasteiger partial charge >= 0.3 is 6.09 Å². The van der Waals surface area contributed by atoms with Gasteiger partial charge in [-0.15, -0.1) is 0 Å². The zero-order valence-corrected chi connectivity index (χ0v) is 17.7. The van der Waals surface area contributed by atoms with Gasteiger partial charge in [0.05, 0.1) is 7.11 Å². The van der Waals surface area contributed by atoms with Crippen LogP contribution >= 0.6 is 0 Å².